The summed E-state index contributed by atoms with van der Waals surface area (Å²) in [6.07, 6.45) is 0. The van der Waals surface area contributed by atoms with Crippen LogP contribution in [0.2, 0.25) is 5.02 Å². The van der Waals surface area contributed by atoms with Gasteiger partial charge in [-0.15, -0.1) is 0 Å². The molecule has 1 rings (SSSR count). The molecule has 0 heterocycles. The fourth-order valence-corrected chi connectivity index (χ4v) is 1.70. The lowest BCUT2D eigenvalue weighted by atomic mass is 10.3. The summed E-state index contributed by atoms with van der Waals surface area (Å²) in [6.45, 7) is 0. The van der Waals surface area contributed by atoms with Crippen molar-refractivity contribution < 1.29 is 9.85 Å². The third-order valence-electron chi connectivity index (χ3n) is 1.57. The molecule has 82 valence electrons. The van der Waals surface area contributed by atoms with Gasteiger partial charge in [-0.05, 0) is 11.8 Å². The summed E-state index contributed by atoms with van der Waals surface area (Å²) in [5.74, 6) is 0. The molecule has 9 heteroatoms. The number of hydrogen-bond acceptors (Lipinski definition) is 6. The van der Waals surface area contributed by atoms with Crippen LogP contribution >= 0.6 is 23.4 Å². The van der Waals surface area contributed by atoms with E-state index in [1.54, 1.807) is 5.40 Å². The number of nitrogens with zero attached hydrogens (tertiary/aromatic N) is 3. The molecule has 0 unspecified atom stereocenters. The van der Waals surface area contributed by atoms with Crippen molar-refractivity contribution in [3.63, 3.8) is 0 Å². The molecule has 1 aromatic rings. The largest absolute Gasteiger partial charge is 0.295 e. The first kappa shape index (κ1) is 12.2. The Kier molecular flexibility index (Phi) is 3.65. The van der Waals surface area contributed by atoms with Crippen molar-refractivity contribution >= 4 is 34.7 Å². The van der Waals surface area contributed by atoms with Crippen LogP contribution in [0.5, 0.6) is 0 Å². The monoisotopic (exact) mass is 259 g/mol. The molecule has 0 amide bonds. The molecule has 0 saturated carbocycles. The molecule has 0 bridgehead atoms. The van der Waals surface area contributed by atoms with Crippen LogP contribution in [0.3, 0.4) is 0 Å². The van der Waals surface area contributed by atoms with Crippen molar-refractivity contribution in [2.45, 2.75) is 4.90 Å². The van der Waals surface area contributed by atoms with E-state index in [9.17, 15) is 20.2 Å². The highest BCUT2D eigenvalue weighted by atomic mass is 35.5. The van der Waals surface area contributed by atoms with Gasteiger partial charge >= 0.3 is 0 Å². The number of benzene rings is 1. The van der Waals surface area contributed by atoms with Crippen molar-refractivity contribution in [2.24, 2.45) is 0 Å². The number of nitriles is 1. The summed E-state index contributed by atoms with van der Waals surface area (Å²) in [6, 6.07) is 1.77. The Morgan fingerprint density at radius 3 is 2.38 bits per heavy atom. The van der Waals surface area contributed by atoms with Gasteiger partial charge in [0.05, 0.1) is 20.8 Å². The standard InChI is InChI=1S/C7H2ClN3O4S/c8-7-5(11(14)15)1-4(10(12)13)2-6(7)16-3-9/h1-2H. The minimum atomic E-state index is -0.837. The molecule has 0 fully saturated rings. The Morgan fingerprint density at radius 2 is 1.94 bits per heavy atom. The maximum atomic E-state index is 10.6. The smallest absolute Gasteiger partial charge is 0.258 e. The van der Waals surface area contributed by atoms with E-state index in [0.717, 1.165) is 12.1 Å². The Hall–Kier alpha value is -1.85. The third-order valence-corrected chi connectivity index (χ3v) is 2.71. The van der Waals surface area contributed by atoms with Crippen LogP contribution in [0, 0.1) is 30.9 Å². The first-order valence-corrected chi connectivity index (χ1v) is 4.85. The van der Waals surface area contributed by atoms with Crippen LogP contribution in [0.4, 0.5) is 11.4 Å². The van der Waals surface area contributed by atoms with Crippen LogP contribution in [-0.2, 0) is 0 Å². The van der Waals surface area contributed by atoms with E-state index in [-0.39, 0.29) is 9.92 Å². The quantitative estimate of drug-likeness (QED) is 0.357. The zero-order valence-electron chi connectivity index (χ0n) is 7.42. The molecule has 0 spiro atoms. The first-order chi connectivity index (χ1) is 7.47. The van der Waals surface area contributed by atoms with Crippen LogP contribution < -0.4 is 0 Å². The topological polar surface area (TPSA) is 110 Å². The van der Waals surface area contributed by atoms with Gasteiger partial charge in [-0.25, -0.2) is 0 Å². The van der Waals surface area contributed by atoms with Crippen LogP contribution in [0.15, 0.2) is 17.0 Å². The SMILES string of the molecule is N#CSc1cc([N+](=O)[O-])cc([N+](=O)[O-])c1Cl. The van der Waals surface area contributed by atoms with Gasteiger partial charge in [0, 0.05) is 6.07 Å². The predicted octanol–water partition coefficient (Wildman–Crippen LogP) is 2.73. The van der Waals surface area contributed by atoms with E-state index in [4.69, 9.17) is 16.9 Å². The van der Waals surface area contributed by atoms with Crippen LogP contribution in [0.25, 0.3) is 0 Å². The molecule has 16 heavy (non-hydrogen) atoms. The van der Waals surface area contributed by atoms with E-state index >= 15 is 0 Å². The molecule has 0 N–H and O–H groups in total. The van der Waals surface area contributed by atoms with Crippen molar-refractivity contribution in [1.29, 1.82) is 5.26 Å². The highest BCUT2D eigenvalue weighted by Gasteiger charge is 2.23. The summed E-state index contributed by atoms with van der Waals surface area (Å²) >= 11 is 6.15. The minimum absolute atomic E-state index is 0.00920. The van der Waals surface area contributed by atoms with Gasteiger partial charge in [0.15, 0.2) is 0 Å². The molecule has 0 radical (unpaired) electrons. The molecule has 0 aliphatic heterocycles. The maximum absolute atomic E-state index is 10.6. The lowest BCUT2D eigenvalue weighted by molar-refractivity contribution is -0.394. The number of halogens is 1. The van der Waals surface area contributed by atoms with Gasteiger partial charge in [-0.1, -0.05) is 11.6 Å². The summed E-state index contributed by atoms with van der Waals surface area (Å²) in [4.78, 5) is 19.4. The molecule has 0 aromatic heterocycles. The van der Waals surface area contributed by atoms with Crippen LogP contribution in [-0.4, -0.2) is 9.85 Å². The maximum Gasteiger partial charge on any atom is 0.295 e. The molecule has 0 aliphatic carbocycles. The number of thioether (sulfide) groups is 1. The second-order valence-electron chi connectivity index (χ2n) is 2.48. The van der Waals surface area contributed by atoms with Crippen molar-refractivity contribution in [3.8, 4) is 5.40 Å². The van der Waals surface area contributed by atoms with Gasteiger partial charge in [-0.3, -0.25) is 20.2 Å². The van der Waals surface area contributed by atoms with E-state index in [1.165, 1.54) is 0 Å². The van der Waals surface area contributed by atoms with Crippen molar-refractivity contribution in [1.82, 2.24) is 0 Å². The Labute approximate surface area is 97.9 Å². The average molecular weight is 260 g/mol. The Balaban J connectivity index is 3.46. The third kappa shape index (κ3) is 2.39. The molecule has 0 saturated heterocycles. The number of nitro groups is 2. The summed E-state index contributed by atoms with van der Waals surface area (Å²) in [7, 11) is 0. The zero-order valence-corrected chi connectivity index (χ0v) is 8.99. The van der Waals surface area contributed by atoms with Crippen molar-refractivity contribution in [3.05, 3.63) is 37.4 Å². The first-order valence-electron chi connectivity index (χ1n) is 3.65. The molecular weight excluding hydrogens is 258 g/mol. The van der Waals surface area contributed by atoms with Crippen LogP contribution in [0.1, 0.15) is 0 Å². The number of nitro benzene ring substituents is 2. The number of rotatable bonds is 3. The Bertz CT molecular complexity index is 513. The zero-order chi connectivity index (χ0) is 12.3. The number of hydrogen-bond donors (Lipinski definition) is 0. The molecular formula is C7H2ClN3O4S. The molecule has 0 atom stereocenters. The fourth-order valence-electron chi connectivity index (χ4n) is 0.931. The normalized spacial score (nSPS) is 9.50. The van der Waals surface area contributed by atoms with Gasteiger partial charge in [-0.2, -0.15) is 5.26 Å². The molecule has 7 nitrogen and oxygen atoms in total. The van der Waals surface area contributed by atoms with Gasteiger partial charge in [0.1, 0.15) is 10.4 Å². The summed E-state index contributed by atoms with van der Waals surface area (Å²) < 4.78 is 0. The van der Waals surface area contributed by atoms with E-state index < -0.39 is 21.2 Å². The summed E-state index contributed by atoms with van der Waals surface area (Å²) in [5, 5.41) is 30.8. The second kappa shape index (κ2) is 4.78. The van der Waals surface area contributed by atoms with E-state index in [2.05, 4.69) is 0 Å². The average Bonchev–Trinajstić information content (AvgIpc) is 2.20. The highest BCUT2D eigenvalue weighted by Crippen LogP contribution is 2.37. The van der Waals surface area contributed by atoms with Crippen molar-refractivity contribution in [2.75, 3.05) is 0 Å². The second-order valence-corrected chi connectivity index (χ2v) is 3.69. The number of non-ortho nitro benzene ring substituents is 1. The molecule has 0 aliphatic rings. The van der Waals surface area contributed by atoms with E-state index in [1.807, 2.05) is 0 Å². The number of thiocyanates is 1. The Morgan fingerprint density at radius 1 is 1.31 bits per heavy atom. The fraction of sp³-hybridized carbons (Fsp3) is 0. The summed E-state index contributed by atoms with van der Waals surface area (Å²) in [5.41, 5.74) is -1.07. The minimum Gasteiger partial charge on any atom is -0.258 e. The van der Waals surface area contributed by atoms with E-state index in [0.29, 0.717) is 11.8 Å². The lowest BCUT2D eigenvalue weighted by Crippen LogP contribution is -1.94. The predicted molar refractivity (Wildman–Crippen MR) is 56.2 cm³/mol. The van der Waals surface area contributed by atoms with Gasteiger partial charge < -0.3 is 0 Å². The highest BCUT2D eigenvalue weighted by molar-refractivity contribution is 8.03. The lowest BCUT2D eigenvalue weighted by Gasteiger charge is -2.00. The van der Waals surface area contributed by atoms with Gasteiger partial charge in [0.2, 0.25) is 0 Å². The molecule has 1 aromatic carbocycles. The van der Waals surface area contributed by atoms with Gasteiger partial charge in [0.25, 0.3) is 11.4 Å².